The first-order valence-corrected chi connectivity index (χ1v) is 5.93. The molecule has 1 saturated heterocycles. The van der Waals surface area contributed by atoms with Gasteiger partial charge in [-0.3, -0.25) is 0 Å². The number of nitrogens with zero attached hydrogens (tertiary/aromatic N) is 6. The molecule has 0 aliphatic carbocycles. The summed E-state index contributed by atoms with van der Waals surface area (Å²) in [5, 5.41) is 16.2. The number of anilines is 1. The van der Waals surface area contributed by atoms with Crippen LogP contribution >= 0.6 is 0 Å². The van der Waals surface area contributed by atoms with Crippen molar-refractivity contribution in [2.45, 2.75) is 6.04 Å². The highest BCUT2D eigenvalue weighted by Gasteiger charge is 2.31. The second-order valence-corrected chi connectivity index (χ2v) is 4.37. The molecule has 20 heavy (non-hydrogen) atoms. The van der Waals surface area contributed by atoms with Gasteiger partial charge in [-0.2, -0.15) is 0 Å². The number of ether oxygens (including phenoxy) is 1. The van der Waals surface area contributed by atoms with Gasteiger partial charge in [-0.1, -0.05) is 5.21 Å². The average molecular weight is 276 g/mol. The third kappa shape index (κ3) is 2.13. The van der Waals surface area contributed by atoms with Crippen LogP contribution in [0.2, 0.25) is 0 Å². The minimum Gasteiger partial charge on any atom is -0.481 e. The average Bonchev–Trinajstić information content (AvgIpc) is 2.87. The van der Waals surface area contributed by atoms with Gasteiger partial charge in [-0.05, 0) is 0 Å². The second-order valence-electron chi connectivity index (χ2n) is 4.37. The van der Waals surface area contributed by atoms with E-state index in [1.54, 1.807) is 17.9 Å². The number of methoxy groups -OCH3 is 1. The highest BCUT2D eigenvalue weighted by Crippen LogP contribution is 2.26. The summed E-state index contributed by atoms with van der Waals surface area (Å²) in [4.78, 5) is 20.9. The predicted octanol–water partition coefficient (Wildman–Crippen LogP) is -0.164. The van der Waals surface area contributed by atoms with Crippen molar-refractivity contribution in [3.05, 3.63) is 24.3 Å². The van der Waals surface area contributed by atoms with Crippen LogP contribution in [0, 0.1) is 0 Å². The fourth-order valence-electron chi connectivity index (χ4n) is 1.98. The third-order valence-electron chi connectivity index (χ3n) is 3.13. The lowest BCUT2D eigenvalue weighted by molar-refractivity contribution is 0.0690. The van der Waals surface area contributed by atoms with Gasteiger partial charge in [0.15, 0.2) is 5.69 Å². The van der Waals surface area contributed by atoms with Crippen LogP contribution < -0.4 is 9.64 Å². The molecule has 0 radical (unpaired) electrons. The van der Waals surface area contributed by atoms with Crippen LogP contribution in [0.3, 0.4) is 0 Å². The van der Waals surface area contributed by atoms with Crippen LogP contribution in [-0.4, -0.2) is 56.2 Å². The molecule has 3 heterocycles. The predicted molar refractivity (Wildman–Crippen MR) is 66.8 cm³/mol. The zero-order valence-electron chi connectivity index (χ0n) is 10.7. The first-order chi connectivity index (χ1) is 9.67. The van der Waals surface area contributed by atoms with Gasteiger partial charge < -0.3 is 14.7 Å². The summed E-state index contributed by atoms with van der Waals surface area (Å²) < 4.78 is 6.61. The summed E-state index contributed by atoms with van der Waals surface area (Å²) in [7, 11) is 1.55. The Kier molecular flexibility index (Phi) is 2.93. The number of aromatic carboxylic acids is 1. The van der Waals surface area contributed by atoms with E-state index in [2.05, 4.69) is 20.3 Å². The van der Waals surface area contributed by atoms with Crippen LogP contribution in [0.15, 0.2) is 18.6 Å². The Labute approximate surface area is 113 Å². The fraction of sp³-hybridized carbons (Fsp3) is 0.364. The molecule has 1 fully saturated rings. The minimum absolute atomic E-state index is 0.0489. The lowest BCUT2D eigenvalue weighted by atomic mass is 10.1. The monoisotopic (exact) mass is 276 g/mol. The molecule has 9 nitrogen and oxygen atoms in total. The molecular weight excluding hydrogens is 264 g/mol. The standard InChI is InChI=1S/C11H12N6O3/c1-20-10-2-9(12-6-13-10)16-3-7(4-16)17-5-8(11(18)19)14-15-17/h2,5-7H,3-4H2,1H3,(H,18,19). The van der Waals surface area contributed by atoms with Crippen molar-refractivity contribution >= 4 is 11.8 Å². The molecule has 2 aromatic heterocycles. The molecule has 0 amide bonds. The Morgan fingerprint density at radius 3 is 2.90 bits per heavy atom. The molecule has 1 N–H and O–H groups in total. The molecule has 0 spiro atoms. The normalized spacial score (nSPS) is 14.9. The van der Waals surface area contributed by atoms with Crippen molar-refractivity contribution in [1.29, 1.82) is 0 Å². The van der Waals surface area contributed by atoms with Gasteiger partial charge in [0.05, 0.1) is 19.3 Å². The van der Waals surface area contributed by atoms with Gasteiger partial charge in [-0.15, -0.1) is 5.10 Å². The molecule has 1 aliphatic rings. The lowest BCUT2D eigenvalue weighted by Gasteiger charge is -2.39. The van der Waals surface area contributed by atoms with E-state index in [1.165, 1.54) is 12.5 Å². The van der Waals surface area contributed by atoms with Gasteiger partial charge in [0.1, 0.15) is 12.1 Å². The third-order valence-corrected chi connectivity index (χ3v) is 3.13. The fourth-order valence-corrected chi connectivity index (χ4v) is 1.98. The first-order valence-electron chi connectivity index (χ1n) is 5.93. The maximum absolute atomic E-state index is 10.7. The van der Waals surface area contributed by atoms with E-state index < -0.39 is 5.97 Å². The Hall–Kier alpha value is -2.71. The summed E-state index contributed by atoms with van der Waals surface area (Å²) in [6.07, 6.45) is 2.88. The molecule has 2 aromatic rings. The molecular formula is C11H12N6O3. The topological polar surface area (TPSA) is 106 Å². The number of aromatic nitrogens is 5. The van der Waals surface area contributed by atoms with Gasteiger partial charge in [-0.25, -0.2) is 19.4 Å². The van der Waals surface area contributed by atoms with Gasteiger partial charge in [0.25, 0.3) is 0 Å². The summed E-state index contributed by atoms with van der Waals surface area (Å²) in [6, 6.07) is 1.84. The molecule has 1 aliphatic heterocycles. The zero-order chi connectivity index (χ0) is 14.1. The largest absolute Gasteiger partial charge is 0.481 e. The van der Waals surface area contributed by atoms with E-state index in [1.807, 2.05) is 4.90 Å². The Morgan fingerprint density at radius 2 is 2.25 bits per heavy atom. The number of hydrogen-bond acceptors (Lipinski definition) is 7. The Balaban J connectivity index is 1.66. The maximum Gasteiger partial charge on any atom is 0.358 e. The molecule has 0 saturated carbocycles. The Bertz CT molecular complexity index is 637. The minimum atomic E-state index is -1.08. The number of hydrogen-bond donors (Lipinski definition) is 1. The highest BCUT2D eigenvalue weighted by molar-refractivity contribution is 5.84. The van der Waals surface area contributed by atoms with E-state index >= 15 is 0 Å². The van der Waals surface area contributed by atoms with Crippen molar-refractivity contribution in [2.75, 3.05) is 25.1 Å². The smallest absolute Gasteiger partial charge is 0.358 e. The van der Waals surface area contributed by atoms with Crippen LogP contribution in [0.1, 0.15) is 16.5 Å². The SMILES string of the molecule is COc1cc(N2CC(n3cc(C(=O)O)nn3)C2)ncn1. The van der Waals surface area contributed by atoms with E-state index in [-0.39, 0.29) is 11.7 Å². The quantitative estimate of drug-likeness (QED) is 0.820. The maximum atomic E-state index is 10.7. The van der Waals surface area contributed by atoms with E-state index in [0.29, 0.717) is 19.0 Å². The number of carboxylic acid groups (broad SMARTS) is 1. The van der Waals surface area contributed by atoms with Gasteiger partial charge in [0, 0.05) is 19.2 Å². The molecule has 9 heteroatoms. The number of rotatable bonds is 4. The number of carbonyl (C=O) groups is 1. The van der Waals surface area contributed by atoms with Crippen molar-refractivity contribution in [1.82, 2.24) is 25.0 Å². The van der Waals surface area contributed by atoms with Crippen molar-refractivity contribution in [3.63, 3.8) is 0 Å². The molecule has 0 atom stereocenters. The molecule has 0 aromatic carbocycles. The van der Waals surface area contributed by atoms with E-state index in [9.17, 15) is 4.79 Å². The first kappa shape index (κ1) is 12.3. The van der Waals surface area contributed by atoms with Crippen LogP contribution in [0.25, 0.3) is 0 Å². The van der Waals surface area contributed by atoms with E-state index in [4.69, 9.17) is 9.84 Å². The highest BCUT2D eigenvalue weighted by atomic mass is 16.5. The van der Waals surface area contributed by atoms with Crippen molar-refractivity contribution in [2.24, 2.45) is 0 Å². The summed E-state index contributed by atoms with van der Waals surface area (Å²) in [6.45, 7) is 1.37. The van der Waals surface area contributed by atoms with E-state index in [0.717, 1.165) is 5.82 Å². The van der Waals surface area contributed by atoms with Crippen LogP contribution in [-0.2, 0) is 0 Å². The van der Waals surface area contributed by atoms with Gasteiger partial charge in [0.2, 0.25) is 5.88 Å². The second kappa shape index (κ2) is 4.76. The molecule has 0 bridgehead atoms. The Morgan fingerprint density at radius 1 is 1.45 bits per heavy atom. The lowest BCUT2D eigenvalue weighted by Crippen LogP contribution is -2.48. The zero-order valence-corrected chi connectivity index (χ0v) is 10.7. The van der Waals surface area contributed by atoms with Crippen molar-refractivity contribution < 1.29 is 14.6 Å². The number of carboxylic acids is 1. The van der Waals surface area contributed by atoms with Gasteiger partial charge >= 0.3 is 5.97 Å². The molecule has 0 unspecified atom stereocenters. The summed E-state index contributed by atoms with van der Waals surface area (Å²) in [5.74, 6) is 0.201. The van der Waals surface area contributed by atoms with Crippen LogP contribution in [0.4, 0.5) is 5.82 Å². The molecule has 3 rings (SSSR count). The van der Waals surface area contributed by atoms with Crippen molar-refractivity contribution in [3.8, 4) is 5.88 Å². The molecule has 104 valence electrons. The summed E-state index contributed by atoms with van der Waals surface area (Å²) in [5.41, 5.74) is -0.0489. The summed E-state index contributed by atoms with van der Waals surface area (Å²) >= 11 is 0. The van der Waals surface area contributed by atoms with Crippen LogP contribution in [0.5, 0.6) is 5.88 Å².